The number of methoxy groups -OCH3 is 1. The third-order valence-corrected chi connectivity index (χ3v) is 3.94. The van der Waals surface area contributed by atoms with Crippen molar-refractivity contribution < 1.29 is 9.53 Å². The Labute approximate surface area is 121 Å². The standard InChI is InChI=1S/C16H24N2O2/c1-3-13-7-6-10-18(11-13)16(19)17-15-9-5-4-8-14(15)12-20-2/h4-5,8-9,13H,3,6-7,10-12H2,1-2H3,(H,17,19)/t13-/m0/s1. The summed E-state index contributed by atoms with van der Waals surface area (Å²) < 4.78 is 5.17. The predicted octanol–water partition coefficient (Wildman–Crippen LogP) is 3.49. The third-order valence-electron chi connectivity index (χ3n) is 3.94. The number of carbonyl (C=O) groups excluding carboxylic acids is 1. The maximum Gasteiger partial charge on any atom is 0.321 e. The summed E-state index contributed by atoms with van der Waals surface area (Å²) in [5.74, 6) is 0.642. The van der Waals surface area contributed by atoms with E-state index in [2.05, 4.69) is 12.2 Å². The van der Waals surface area contributed by atoms with Crippen LogP contribution in [0.3, 0.4) is 0 Å². The van der Waals surface area contributed by atoms with Gasteiger partial charge < -0.3 is 15.0 Å². The predicted molar refractivity (Wildman–Crippen MR) is 80.8 cm³/mol. The quantitative estimate of drug-likeness (QED) is 0.914. The third kappa shape index (κ3) is 3.73. The van der Waals surface area contributed by atoms with Crippen LogP contribution in [0.5, 0.6) is 0 Å². The minimum Gasteiger partial charge on any atom is -0.380 e. The van der Waals surface area contributed by atoms with Crippen molar-refractivity contribution in [3.63, 3.8) is 0 Å². The SMILES string of the molecule is CC[C@H]1CCCN(C(=O)Nc2ccccc2COC)C1. The number of carbonyl (C=O) groups is 1. The molecule has 4 heteroatoms. The molecule has 0 unspecified atom stereocenters. The monoisotopic (exact) mass is 276 g/mol. The van der Waals surface area contributed by atoms with Crippen LogP contribution in [0, 0.1) is 5.92 Å². The molecule has 110 valence electrons. The van der Waals surface area contributed by atoms with Crippen LogP contribution in [0.15, 0.2) is 24.3 Å². The molecule has 0 spiro atoms. The number of nitrogens with zero attached hydrogens (tertiary/aromatic N) is 1. The van der Waals surface area contributed by atoms with Crippen LogP contribution in [0.4, 0.5) is 10.5 Å². The van der Waals surface area contributed by atoms with Gasteiger partial charge >= 0.3 is 6.03 Å². The number of likely N-dealkylation sites (tertiary alicyclic amines) is 1. The normalized spacial score (nSPS) is 18.9. The number of nitrogens with one attached hydrogen (secondary N) is 1. The maximum atomic E-state index is 12.4. The van der Waals surface area contributed by atoms with E-state index < -0.39 is 0 Å². The Morgan fingerprint density at radius 2 is 2.25 bits per heavy atom. The first-order valence-electron chi connectivity index (χ1n) is 7.37. The largest absolute Gasteiger partial charge is 0.380 e. The van der Waals surface area contributed by atoms with E-state index in [0.717, 1.165) is 37.2 Å². The first-order valence-corrected chi connectivity index (χ1v) is 7.37. The molecule has 1 aromatic carbocycles. The molecule has 2 amide bonds. The Balaban J connectivity index is 2.00. The highest BCUT2D eigenvalue weighted by atomic mass is 16.5. The summed E-state index contributed by atoms with van der Waals surface area (Å²) in [5, 5.41) is 3.02. The molecule has 1 saturated heterocycles. The van der Waals surface area contributed by atoms with Gasteiger partial charge in [-0.1, -0.05) is 31.5 Å². The molecule has 1 N–H and O–H groups in total. The second kappa shape index (κ2) is 7.29. The van der Waals surface area contributed by atoms with Gasteiger partial charge in [0.2, 0.25) is 0 Å². The number of hydrogen-bond donors (Lipinski definition) is 1. The first kappa shape index (κ1) is 14.9. The van der Waals surface area contributed by atoms with E-state index in [0.29, 0.717) is 12.5 Å². The molecule has 1 heterocycles. The van der Waals surface area contributed by atoms with Crippen molar-refractivity contribution in [2.24, 2.45) is 5.92 Å². The van der Waals surface area contributed by atoms with Gasteiger partial charge in [0.05, 0.1) is 6.61 Å². The summed E-state index contributed by atoms with van der Waals surface area (Å²) in [6.07, 6.45) is 3.48. The number of ether oxygens (including phenoxy) is 1. The molecule has 1 aromatic rings. The van der Waals surface area contributed by atoms with Gasteiger partial charge in [0.1, 0.15) is 0 Å². The molecule has 1 aliphatic heterocycles. The highest BCUT2D eigenvalue weighted by Crippen LogP contribution is 2.21. The van der Waals surface area contributed by atoms with E-state index in [-0.39, 0.29) is 6.03 Å². The molecular formula is C16H24N2O2. The number of para-hydroxylation sites is 1. The lowest BCUT2D eigenvalue weighted by Gasteiger charge is -2.32. The second-order valence-corrected chi connectivity index (χ2v) is 5.38. The highest BCUT2D eigenvalue weighted by Gasteiger charge is 2.22. The summed E-state index contributed by atoms with van der Waals surface area (Å²) in [5.41, 5.74) is 1.85. The van der Waals surface area contributed by atoms with Crippen molar-refractivity contribution >= 4 is 11.7 Å². The molecule has 0 aliphatic carbocycles. The minimum atomic E-state index is 0.00621. The number of anilines is 1. The van der Waals surface area contributed by atoms with Gasteiger partial charge in [-0.05, 0) is 24.8 Å². The van der Waals surface area contributed by atoms with Crippen LogP contribution in [-0.4, -0.2) is 31.1 Å². The number of rotatable bonds is 4. The van der Waals surface area contributed by atoms with E-state index >= 15 is 0 Å². The number of piperidine rings is 1. The molecule has 1 aliphatic rings. The van der Waals surface area contributed by atoms with E-state index in [4.69, 9.17) is 4.74 Å². The van der Waals surface area contributed by atoms with Crippen LogP contribution in [0.25, 0.3) is 0 Å². The van der Waals surface area contributed by atoms with Crippen LogP contribution in [0.2, 0.25) is 0 Å². The fourth-order valence-electron chi connectivity index (χ4n) is 2.70. The van der Waals surface area contributed by atoms with Crippen LogP contribution in [-0.2, 0) is 11.3 Å². The molecule has 4 nitrogen and oxygen atoms in total. The lowest BCUT2D eigenvalue weighted by Crippen LogP contribution is -2.42. The van der Waals surface area contributed by atoms with Gasteiger partial charge in [0.25, 0.3) is 0 Å². The molecule has 2 rings (SSSR count). The van der Waals surface area contributed by atoms with Gasteiger partial charge in [0.15, 0.2) is 0 Å². The maximum absolute atomic E-state index is 12.4. The summed E-state index contributed by atoms with van der Waals surface area (Å²) >= 11 is 0. The molecule has 0 saturated carbocycles. The molecule has 0 aromatic heterocycles. The summed E-state index contributed by atoms with van der Waals surface area (Å²) in [7, 11) is 1.66. The molecule has 1 atom stereocenters. The number of amides is 2. The van der Waals surface area contributed by atoms with Gasteiger partial charge in [-0.3, -0.25) is 0 Å². The fraction of sp³-hybridized carbons (Fsp3) is 0.562. The zero-order valence-corrected chi connectivity index (χ0v) is 12.4. The van der Waals surface area contributed by atoms with E-state index in [1.807, 2.05) is 29.2 Å². The van der Waals surface area contributed by atoms with E-state index in [1.165, 1.54) is 6.42 Å². The van der Waals surface area contributed by atoms with Gasteiger partial charge in [-0.15, -0.1) is 0 Å². The van der Waals surface area contributed by atoms with Crippen LogP contribution >= 0.6 is 0 Å². The Kier molecular flexibility index (Phi) is 5.41. The van der Waals surface area contributed by atoms with Crippen molar-refractivity contribution in [2.45, 2.75) is 32.8 Å². The fourth-order valence-corrected chi connectivity index (χ4v) is 2.70. The van der Waals surface area contributed by atoms with Crippen molar-refractivity contribution in [2.75, 3.05) is 25.5 Å². The lowest BCUT2D eigenvalue weighted by atomic mass is 9.96. The lowest BCUT2D eigenvalue weighted by molar-refractivity contribution is 0.175. The average Bonchev–Trinajstić information content (AvgIpc) is 2.49. The van der Waals surface area contributed by atoms with Crippen molar-refractivity contribution in [3.05, 3.63) is 29.8 Å². The van der Waals surface area contributed by atoms with Crippen molar-refractivity contribution in [3.8, 4) is 0 Å². The van der Waals surface area contributed by atoms with Gasteiger partial charge in [-0.25, -0.2) is 4.79 Å². The van der Waals surface area contributed by atoms with Gasteiger partial charge in [-0.2, -0.15) is 0 Å². The summed E-state index contributed by atoms with van der Waals surface area (Å²) in [4.78, 5) is 14.3. The number of urea groups is 1. The average molecular weight is 276 g/mol. The highest BCUT2D eigenvalue weighted by molar-refractivity contribution is 5.90. The molecule has 0 radical (unpaired) electrons. The van der Waals surface area contributed by atoms with Gasteiger partial charge in [0, 0.05) is 31.5 Å². The smallest absolute Gasteiger partial charge is 0.321 e. The number of hydrogen-bond acceptors (Lipinski definition) is 2. The Hall–Kier alpha value is -1.55. The first-order chi connectivity index (χ1) is 9.74. The van der Waals surface area contributed by atoms with Crippen molar-refractivity contribution in [1.82, 2.24) is 4.90 Å². The van der Waals surface area contributed by atoms with E-state index in [1.54, 1.807) is 7.11 Å². The number of benzene rings is 1. The molecule has 20 heavy (non-hydrogen) atoms. The zero-order chi connectivity index (χ0) is 14.4. The molecular weight excluding hydrogens is 252 g/mol. The molecule has 1 fully saturated rings. The molecule has 0 bridgehead atoms. The Bertz CT molecular complexity index is 448. The topological polar surface area (TPSA) is 41.6 Å². The van der Waals surface area contributed by atoms with E-state index in [9.17, 15) is 4.79 Å². The van der Waals surface area contributed by atoms with Crippen LogP contribution in [0.1, 0.15) is 31.7 Å². The summed E-state index contributed by atoms with van der Waals surface area (Å²) in [6.45, 7) is 4.43. The summed E-state index contributed by atoms with van der Waals surface area (Å²) in [6, 6.07) is 7.79. The zero-order valence-electron chi connectivity index (χ0n) is 12.4. The second-order valence-electron chi connectivity index (χ2n) is 5.38. The Morgan fingerprint density at radius 1 is 1.45 bits per heavy atom. The van der Waals surface area contributed by atoms with Crippen LogP contribution < -0.4 is 5.32 Å². The Morgan fingerprint density at radius 3 is 3.00 bits per heavy atom. The minimum absolute atomic E-state index is 0.00621. The van der Waals surface area contributed by atoms with Crippen molar-refractivity contribution in [1.29, 1.82) is 0 Å².